The van der Waals surface area contributed by atoms with Crippen molar-refractivity contribution in [2.75, 3.05) is 17.8 Å². The number of nitrogens with zero attached hydrogens (tertiary/aromatic N) is 3. The molecule has 37 heavy (non-hydrogen) atoms. The Kier molecular flexibility index (Phi) is 6.77. The third kappa shape index (κ3) is 4.79. The standard InChI is InChI=1S/C21H16ClF5N4O5S/c1-35-20(24,21(25,26)27)19-29-17(30-36-19)12-6-15-16(7-13(12)23)37(33,34)9-14(28)18(32)31(15)8-10-2-4-11(22)5-3-10/h2-7,14H,8-9,28H2,1H3/t14-,20?/m0/s1. The van der Waals surface area contributed by atoms with Crippen LogP contribution in [0.25, 0.3) is 11.4 Å². The van der Waals surface area contributed by atoms with Crippen LogP contribution in [0.15, 0.2) is 45.8 Å². The van der Waals surface area contributed by atoms with E-state index < -0.39 is 67.6 Å². The second-order valence-electron chi connectivity index (χ2n) is 7.96. The predicted octanol–water partition coefficient (Wildman–Crippen LogP) is 3.51. The molecule has 2 aromatic carbocycles. The minimum absolute atomic E-state index is 0.222. The van der Waals surface area contributed by atoms with E-state index in [4.69, 9.17) is 17.3 Å². The highest BCUT2D eigenvalue weighted by atomic mass is 35.5. The summed E-state index contributed by atoms with van der Waals surface area (Å²) in [6.07, 6.45) is -5.62. The molecule has 2 atom stereocenters. The molecule has 1 aliphatic rings. The molecule has 0 saturated heterocycles. The number of ether oxygens (including phenoxy) is 1. The molecule has 1 unspecified atom stereocenters. The normalized spacial score (nSPS) is 19.3. The number of carbonyl (C=O) groups excluding carboxylic acids is 1. The molecule has 3 aromatic rings. The first-order valence-electron chi connectivity index (χ1n) is 10.2. The van der Waals surface area contributed by atoms with Gasteiger partial charge in [0, 0.05) is 12.1 Å². The van der Waals surface area contributed by atoms with Gasteiger partial charge in [-0.1, -0.05) is 28.9 Å². The second-order valence-corrected chi connectivity index (χ2v) is 10.4. The van der Waals surface area contributed by atoms with Gasteiger partial charge in [-0.15, -0.1) is 0 Å². The molecule has 16 heteroatoms. The number of halogens is 6. The maximum Gasteiger partial charge on any atom is 0.458 e. The molecule has 2 heterocycles. The van der Waals surface area contributed by atoms with Gasteiger partial charge >= 0.3 is 17.9 Å². The van der Waals surface area contributed by atoms with Crippen LogP contribution >= 0.6 is 11.6 Å². The van der Waals surface area contributed by atoms with Gasteiger partial charge in [-0.2, -0.15) is 22.5 Å². The van der Waals surface area contributed by atoms with Crippen LogP contribution in [0.1, 0.15) is 11.5 Å². The summed E-state index contributed by atoms with van der Waals surface area (Å²) in [7, 11) is -3.89. The van der Waals surface area contributed by atoms with Crippen molar-refractivity contribution in [2.45, 2.75) is 29.5 Å². The number of amides is 1. The zero-order chi connectivity index (χ0) is 27.3. The third-order valence-electron chi connectivity index (χ3n) is 5.50. The number of alkyl halides is 4. The smallest absolute Gasteiger partial charge is 0.335 e. The molecule has 0 aliphatic carbocycles. The summed E-state index contributed by atoms with van der Waals surface area (Å²) in [5.74, 6) is -9.97. The zero-order valence-corrected chi connectivity index (χ0v) is 20.2. The molecule has 1 aromatic heterocycles. The van der Waals surface area contributed by atoms with Gasteiger partial charge in [0.25, 0.3) is 0 Å². The number of aromatic nitrogens is 2. The van der Waals surface area contributed by atoms with Gasteiger partial charge in [-0.05, 0) is 29.8 Å². The van der Waals surface area contributed by atoms with E-state index >= 15 is 4.39 Å². The summed E-state index contributed by atoms with van der Waals surface area (Å²) >= 11 is 5.88. The van der Waals surface area contributed by atoms with Crippen molar-refractivity contribution in [3.63, 3.8) is 0 Å². The number of methoxy groups -OCH3 is 1. The molecule has 9 nitrogen and oxygen atoms in total. The fourth-order valence-corrected chi connectivity index (χ4v) is 5.31. The lowest BCUT2D eigenvalue weighted by Crippen LogP contribution is -2.45. The lowest BCUT2D eigenvalue weighted by molar-refractivity contribution is -0.342. The van der Waals surface area contributed by atoms with Crippen LogP contribution in [-0.2, 0) is 31.8 Å². The molecule has 0 radical (unpaired) electrons. The van der Waals surface area contributed by atoms with E-state index in [1.54, 1.807) is 12.1 Å². The van der Waals surface area contributed by atoms with Crippen molar-refractivity contribution in [1.29, 1.82) is 0 Å². The number of sulfone groups is 1. The van der Waals surface area contributed by atoms with Gasteiger partial charge in [0.2, 0.25) is 11.7 Å². The monoisotopic (exact) mass is 566 g/mol. The van der Waals surface area contributed by atoms with Gasteiger partial charge in [0.15, 0.2) is 9.84 Å². The summed E-state index contributed by atoms with van der Waals surface area (Å²) in [6.45, 7) is -0.222. The quantitative estimate of drug-likeness (QED) is 0.465. The number of fused-ring (bicyclic) bond motifs is 1. The van der Waals surface area contributed by atoms with Crippen LogP contribution in [0.5, 0.6) is 0 Å². The van der Waals surface area contributed by atoms with Crippen LogP contribution < -0.4 is 10.6 Å². The van der Waals surface area contributed by atoms with E-state index in [1.165, 1.54) is 12.1 Å². The van der Waals surface area contributed by atoms with Gasteiger partial charge in [-0.3, -0.25) is 4.79 Å². The van der Waals surface area contributed by atoms with Crippen LogP contribution in [0.3, 0.4) is 0 Å². The van der Waals surface area contributed by atoms with Gasteiger partial charge < -0.3 is 19.9 Å². The summed E-state index contributed by atoms with van der Waals surface area (Å²) in [5.41, 5.74) is 5.29. The molecule has 0 saturated carbocycles. The largest absolute Gasteiger partial charge is 0.458 e. The first-order chi connectivity index (χ1) is 17.2. The van der Waals surface area contributed by atoms with Crippen molar-refractivity contribution in [3.05, 3.63) is 58.7 Å². The van der Waals surface area contributed by atoms with Crippen molar-refractivity contribution in [2.24, 2.45) is 5.73 Å². The zero-order valence-electron chi connectivity index (χ0n) is 18.6. The highest BCUT2D eigenvalue weighted by molar-refractivity contribution is 7.91. The highest BCUT2D eigenvalue weighted by Gasteiger charge is 2.63. The molecular formula is C21H16ClF5N4O5S. The highest BCUT2D eigenvalue weighted by Crippen LogP contribution is 2.43. The number of rotatable bonds is 5. The first kappa shape index (κ1) is 26.9. The van der Waals surface area contributed by atoms with E-state index in [2.05, 4.69) is 19.4 Å². The first-order valence-corrected chi connectivity index (χ1v) is 12.2. The Hall–Kier alpha value is -3.14. The summed E-state index contributed by atoms with van der Waals surface area (Å²) < 4.78 is 103. The Bertz CT molecular complexity index is 1460. The van der Waals surface area contributed by atoms with Crippen LogP contribution in [0.4, 0.5) is 27.6 Å². The van der Waals surface area contributed by atoms with Crippen molar-refractivity contribution in [1.82, 2.24) is 10.1 Å². The van der Waals surface area contributed by atoms with Gasteiger partial charge in [0.1, 0.15) is 5.82 Å². The maximum atomic E-state index is 15.1. The SMILES string of the molecule is COC(F)(c1nc(-c2cc3c(cc2F)S(=O)(=O)C[C@H](N)C(=O)N3Cc2ccc(Cl)cc2)no1)C(F)(F)F. The third-order valence-corrected chi connectivity index (χ3v) is 7.55. The van der Waals surface area contributed by atoms with Crippen LogP contribution in [0.2, 0.25) is 5.02 Å². The Morgan fingerprint density at radius 3 is 2.46 bits per heavy atom. The number of anilines is 1. The fourth-order valence-electron chi connectivity index (χ4n) is 3.61. The Morgan fingerprint density at radius 2 is 1.86 bits per heavy atom. The van der Waals surface area contributed by atoms with E-state index in [0.29, 0.717) is 23.8 Å². The molecule has 1 aliphatic heterocycles. The topological polar surface area (TPSA) is 129 Å². The number of benzene rings is 2. The molecule has 0 bridgehead atoms. The summed E-state index contributed by atoms with van der Waals surface area (Å²) in [4.78, 5) is 16.7. The number of hydrogen-bond donors (Lipinski definition) is 1. The van der Waals surface area contributed by atoms with Crippen molar-refractivity contribution < 1.29 is 44.4 Å². The minimum Gasteiger partial charge on any atom is -0.335 e. The molecule has 0 fully saturated rings. The second kappa shape index (κ2) is 9.31. The van der Waals surface area contributed by atoms with Crippen molar-refractivity contribution in [3.8, 4) is 11.4 Å². The maximum absolute atomic E-state index is 15.1. The van der Waals surface area contributed by atoms with Crippen LogP contribution in [-0.4, -0.2) is 49.5 Å². The molecule has 1 amide bonds. The number of hydrogen-bond acceptors (Lipinski definition) is 8. The Balaban J connectivity index is 1.88. The summed E-state index contributed by atoms with van der Waals surface area (Å²) in [6, 6.07) is 6.04. The van der Waals surface area contributed by atoms with E-state index in [1.807, 2.05) is 0 Å². The molecule has 2 N–H and O–H groups in total. The average molecular weight is 567 g/mol. The molecule has 0 spiro atoms. The predicted molar refractivity (Wildman–Crippen MR) is 118 cm³/mol. The van der Waals surface area contributed by atoms with Crippen molar-refractivity contribution >= 4 is 33.0 Å². The summed E-state index contributed by atoms with van der Waals surface area (Å²) in [5, 5.41) is 3.59. The molecule has 198 valence electrons. The molecule has 4 rings (SSSR count). The lowest BCUT2D eigenvalue weighted by Gasteiger charge is -2.24. The van der Waals surface area contributed by atoms with E-state index in [9.17, 15) is 30.8 Å². The fraction of sp³-hybridized carbons (Fsp3) is 0.286. The van der Waals surface area contributed by atoms with Gasteiger partial charge in [0.05, 0.1) is 34.5 Å². The Morgan fingerprint density at radius 1 is 1.22 bits per heavy atom. The number of nitrogens with two attached hydrogens (primary N) is 1. The average Bonchev–Trinajstić information content (AvgIpc) is 3.30. The lowest BCUT2D eigenvalue weighted by atomic mass is 10.1. The van der Waals surface area contributed by atoms with Crippen LogP contribution in [0, 0.1) is 5.82 Å². The Labute approximate surface area is 210 Å². The van der Waals surface area contributed by atoms with E-state index in [0.717, 1.165) is 11.0 Å². The minimum atomic E-state index is -5.62. The van der Waals surface area contributed by atoms with Gasteiger partial charge in [-0.25, -0.2) is 12.8 Å². The number of carbonyl (C=O) groups is 1. The molecular weight excluding hydrogens is 551 g/mol. The van der Waals surface area contributed by atoms with E-state index in [-0.39, 0.29) is 12.2 Å².